The van der Waals surface area contributed by atoms with Crippen LogP contribution in [0, 0.1) is 6.92 Å². The summed E-state index contributed by atoms with van der Waals surface area (Å²) in [5.41, 5.74) is 1.64. The van der Waals surface area contributed by atoms with Gasteiger partial charge in [-0.05, 0) is 13.8 Å². The van der Waals surface area contributed by atoms with Crippen LogP contribution < -0.4 is 0 Å². The average molecular weight is 318 g/mol. The summed E-state index contributed by atoms with van der Waals surface area (Å²) in [5.74, 6) is 0.598. The van der Waals surface area contributed by atoms with Crippen molar-refractivity contribution in [3.05, 3.63) is 35.0 Å². The molecule has 0 saturated carbocycles. The van der Waals surface area contributed by atoms with Crippen LogP contribution in [-0.2, 0) is 23.8 Å². The van der Waals surface area contributed by atoms with Gasteiger partial charge in [0.05, 0.1) is 25.0 Å². The molecule has 3 rings (SSSR count). The molecular weight excluding hydrogens is 296 g/mol. The molecule has 7 heteroatoms. The lowest BCUT2D eigenvalue weighted by Crippen LogP contribution is -2.50. The van der Waals surface area contributed by atoms with Gasteiger partial charge in [0.25, 0.3) is 5.91 Å². The fourth-order valence-electron chi connectivity index (χ4n) is 3.00. The van der Waals surface area contributed by atoms with Crippen LogP contribution in [0.25, 0.3) is 0 Å². The van der Waals surface area contributed by atoms with Crippen molar-refractivity contribution in [3.63, 3.8) is 0 Å². The van der Waals surface area contributed by atoms with E-state index >= 15 is 0 Å². The first-order valence-electron chi connectivity index (χ1n) is 7.82. The standard InChI is InChI=1S/C16H22N4O3/c1-5-13-14(11(2)18-23-13)15(21)20-6-7-22-16(3,10-20)12-8-17-19(4)9-12/h8-9H,5-7,10H2,1-4H3/t16-/m1/s1. The van der Waals surface area contributed by atoms with E-state index in [1.165, 1.54) is 0 Å². The molecule has 0 radical (unpaired) electrons. The second-order valence-corrected chi connectivity index (χ2v) is 6.13. The molecule has 0 aliphatic carbocycles. The maximum Gasteiger partial charge on any atom is 0.259 e. The van der Waals surface area contributed by atoms with E-state index in [1.807, 2.05) is 32.0 Å². The van der Waals surface area contributed by atoms with Crippen molar-refractivity contribution in [2.45, 2.75) is 32.8 Å². The molecule has 124 valence electrons. The van der Waals surface area contributed by atoms with Crippen LogP contribution in [0.15, 0.2) is 16.9 Å². The Hall–Kier alpha value is -2.15. The van der Waals surface area contributed by atoms with Crippen LogP contribution in [0.5, 0.6) is 0 Å². The molecule has 1 fully saturated rings. The predicted molar refractivity (Wildman–Crippen MR) is 83.0 cm³/mol. The Labute approximate surface area is 135 Å². The Balaban J connectivity index is 1.86. The monoisotopic (exact) mass is 318 g/mol. The summed E-state index contributed by atoms with van der Waals surface area (Å²) in [6.45, 7) is 7.27. The van der Waals surface area contributed by atoms with Crippen LogP contribution in [0.3, 0.4) is 0 Å². The summed E-state index contributed by atoms with van der Waals surface area (Å²) in [5, 5.41) is 8.14. The fourth-order valence-corrected chi connectivity index (χ4v) is 3.00. The zero-order valence-electron chi connectivity index (χ0n) is 14.0. The first-order valence-corrected chi connectivity index (χ1v) is 7.82. The Kier molecular flexibility index (Phi) is 3.97. The highest BCUT2D eigenvalue weighted by Gasteiger charge is 2.38. The van der Waals surface area contributed by atoms with E-state index in [0.29, 0.717) is 43.1 Å². The normalized spacial score (nSPS) is 21.7. The maximum atomic E-state index is 12.9. The summed E-state index contributed by atoms with van der Waals surface area (Å²) < 4.78 is 13.0. The molecule has 0 spiro atoms. The molecule has 0 aromatic carbocycles. The first-order chi connectivity index (χ1) is 10.9. The van der Waals surface area contributed by atoms with Crippen molar-refractivity contribution >= 4 is 5.91 Å². The number of amides is 1. The summed E-state index contributed by atoms with van der Waals surface area (Å²) in [7, 11) is 1.87. The number of rotatable bonds is 3. The van der Waals surface area contributed by atoms with Gasteiger partial charge >= 0.3 is 0 Å². The Morgan fingerprint density at radius 2 is 2.26 bits per heavy atom. The third-order valence-electron chi connectivity index (χ3n) is 4.35. The fraction of sp³-hybridized carbons (Fsp3) is 0.562. The third kappa shape index (κ3) is 2.76. The molecule has 0 bridgehead atoms. The minimum Gasteiger partial charge on any atom is -0.367 e. The lowest BCUT2D eigenvalue weighted by Gasteiger charge is -2.40. The van der Waals surface area contributed by atoms with Crippen molar-refractivity contribution in [3.8, 4) is 0 Å². The highest BCUT2D eigenvalue weighted by atomic mass is 16.5. The molecule has 1 aliphatic heterocycles. The van der Waals surface area contributed by atoms with Crippen LogP contribution in [0.1, 0.15) is 41.2 Å². The van der Waals surface area contributed by atoms with Gasteiger partial charge in [-0.15, -0.1) is 0 Å². The van der Waals surface area contributed by atoms with Gasteiger partial charge in [-0.25, -0.2) is 0 Å². The lowest BCUT2D eigenvalue weighted by molar-refractivity contribution is -0.0931. The highest BCUT2D eigenvalue weighted by Crippen LogP contribution is 2.30. The lowest BCUT2D eigenvalue weighted by atomic mass is 9.96. The Morgan fingerprint density at radius 3 is 2.91 bits per heavy atom. The average Bonchev–Trinajstić information content (AvgIpc) is 3.13. The van der Waals surface area contributed by atoms with Gasteiger partial charge in [-0.2, -0.15) is 5.10 Å². The summed E-state index contributed by atoms with van der Waals surface area (Å²) in [4.78, 5) is 14.7. The van der Waals surface area contributed by atoms with Crippen molar-refractivity contribution in [1.29, 1.82) is 0 Å². The Morgan fingerprint density at radius 1 is 1.48 bits per heavy atom. The molecule has 23 heavy (non-hydrogen) atoms. The maximum absolute atomic E-state index is 12.9. The number of aryl methyl sites for hydroxylation is 3. The quantitative estimate of drug-likeness (QED) is 0.860. The minimum atomic E-state index is -0.556. The minimum absolute atomic E-state index is 0.0426. The largest absolute Gasteiger partial charge is 0.367 e. The van der Waals surface area contributed by atoms with Crippen LogP contribution in [-0.4, -0.2) is 45.4 Å². The van der Waals surface area contributed by atoms with Crippen molar-refractivity contribution in [2.75, 3.05) is 19.7 Å². The number of nitrogens with zero attached hydrogens (tertiary/aromatic N) is 4. The highest BCUT2D eigenvalue weighted by molar-refractivity contribution is 5.96. The zero-order chi connectivity index (χ0) is 16.6. The van der Waals surface area contributed by atoms with E-state index in [2.05, 4.69) is 10.3 Å². The van der Waals surface area contributed by atoms with E-state index in [-0.39, 0.29) is 5.91 Å². The molecular formula is C16H22N4O3. The summed E-state index contributed by atoms with van der Waals surface area (Å²) in [6, 6.07) is 0. The van der Waals surface area contributed by atoms with Crippen LogP contribution >= 0.6 is 0 Å². The zero-order valence-corrected chi connectivity index (χ0v) is 14.0. The molecule has 3 heterocycles. The van der Waals surface area contributed by atoms with Gasteiger partial charge in [-0.1, -0.05) is 12.1 Å². The van der Waals surface area contributed by atoms with Gasteiger partial charge < -0.3 is 14.2 Å². The van der Waals surface area contributed by atoms with Crippen molar-refractivity contribution < 1.29 is 14.1 Å². The van der Waals surface area contributed by atoms with Gasteiger partial charge in [0.2, 0.25) is 0 Å². The summed E-state index contributed by atoms with van der Waals surface area (Å²) in [6.07, 6.45) is 4.36. The topological polar surface area (TPSA) is 73.4 Å². The van der Waals surface area contributed by atoms with E-state index < -0.39 is 5.60 Å². The smallest absolute Gasteiger partial charge is 0.259 e. The molecule has 1 aliphatic rings. The number of aromatic nitrogens is 3. The van der Waals surface area contributed by atoms with Gasteiger partial charge in [0.15, 0.2) is 0 Å². The molecule has 0 unspecified atom stereocenters. The van der Waals surface area contributed by atoms with Crippen LogP contribution in [0.2, 0.25) is 0 Å². The first kappa shape index (κ1) is 15.7. The van der Waals surface area contributed by atoms with Gasteiger partial charge in [-0.3, -0.25) is 9.48 Å². The molecule has 1 saturated heterocycles. The third-order valence-corrected chi connectivity index (χ3v) is 4.35. The second kappa shape index (κ2) is 5.81. The SMILES string of the molecule is CCc1onc(C)c1C(=O)N1CCO[C@@](C)(c2cnn(C)c2)C1. The van der Waals surface area contributed by atoms with E-state index in [4.69, 9.17) is 9.26 Å². The number of hydrogen-bond acceptors (Lipinski definition) is 5. The van der Waals surface area contributed by atoms with Crippen molar-refractivity contribution in [1.82, 2.24) is 19.8 Å². The second-order valence-electron chi connectivity index (χ2n) is 6.13. The molecule has 7 nitrogen and oxygen atoms in total. The molecule has 2 aromatic rings. The number of hydrogen-bond donors (Lipinski definition) is 0. The van der Waals surface area contributed by atoms with Gasteiger partial charge in [0.1, 0.15) is 16.9 Å². The van der Waals surface area contributed by atoms with Crippen LogP contribution in [0.4, 0.5) is 0 Å². The molecule has 0 N–H and O–H groups in total. The number of ether oxygens (including phenoxy) is 1. The molecule has 1 amide bonds. The summed E-state index contributed by atoms with van der Waals surface area (Å²) >= 11 is 0. The van der Waals surface area contributed by atoms with E-state index in [1.54, 1.807) is 17.8 Å². The Bertz CT molecular complexity index is 721. The number of morpholine rings is 1. The van der Waals surface area contributed by atoms with E-state index in [0.717, 1.165) is 5.56 Å². The predicted octanol–water partition coefficient (Wildman–Crippen LogP) is 1.67. The molecule has 2 aromatic heterocycles. The molecule has 1 atom stereocenters. The van der Waals surface area contributed by atoms with Gasteiger partial charge in [0, 0.05) is 31.8 Å². The number of carbonyl (C=O) groups excluding carboxylic acids is 1. The number of carbonyl (C=O) groups is 1. The van der Waals surface area contributed by atoms with E-state index in [9.17, 15) is 4.79 Å². The van der Waals surface area contributed by atoms with Crippen molar-refractivity contribution in [2.24, 2.45) is 7.05 Å².